The molecular formula is C19H23N3O2. The minimum absolute atomic E-state index is 0.363. The summed E-state index contributed by atoms with van der Waals surface area (Å²) in [5.74, 6) is 1.52. The zero-order valence-corrected chi connectivity index (χ0v) is 14.2. The fourth-order valence-corrected chi connectivity index (χ4v) is 3.62. The van der Waals surface area contributed by atoms with E-state index in [0.717, 1.165) is 11.8 Å². The number of aryl methyl sites for hydroxylation is 1. The average molecular weight is 325 g/mol. The maximum atomic E-state index is 11.7. The number of carbonyl (C=O) groups is 1. The molecular weight excluding hydrogens is 302 g/mol. The first-order chi connectivity index (χ1) is 11.6. The third-order valence-corrected chi connectivity index (χ3v) is 5.14. The van der Waals surface area contributed by atoms with Gasteiger partial charge in [-0.05, 0) is 55.4 Å². The molecule has 0 radical (unpaired) electrons. The summed E-state index contributed by atoms with van der Waals surface area (Å²) in [5.41, 5.74) is 4.22. The minimum atomic E-state index is -0.365. The number of imidazole rings is 1. The lowest BCUT2D eigenvalue weighted by Gasteiger charge is -2.21. The van der Waals surface area contributed by atoms with Crippen LogP contribution in [-0.4, -0.2) is 35.2 Å². The summed E-state index contributed by atoms with van der Waals surface area (Å²) in [6, 6.07) is 6.69. The number of benzene rings is 1. The first-order valence-electron chi connectivity index (χ1n) is 8.67. The van der Waals surface area contributed by atoms with Crippen LogP contribution in [0.15, 0.2) is 30.7 Å². The van der Waals surface area contributed by atoms with Crippen molar-refractivity contribution in [2.45, 2.75) is 26.8 Å². The topological polar surface area (TPSA) is 47.4 Å². The van der Waals surface area contributed by atoms with Gasteiger partial charge in [0.05, 0.1) is 12.9 Å². The van der Waals surface area contributed by atoms with Crippen molar-refractivity contribution in [3.05, 3.63) is 47.5 Å². The van der Waals surface area contributed by atoms with Crippen LogP contribution < -0.4 is 4.90 Å². The summed E-state index contributed by atoms with van der Waals surface area (Å²) in [5, 5.41) is 0. The Kier molecular flexibility index (Phi) is 3.79. The quantitative estimate of drug-likeness (QED) is 0.793. The minimum Gasteiger partial charge on any atom is -0.461 e. The number of carbonyl (C=O) groups excluding carboxylic acids is 1. The third-order valence-electron chi connectivity index (χ3n) is 5.14. The molecule has 4 rings (SSSR count). The predicted molar refractivity (Wildman–Crippen MR) is 92.3 cm³/mol. The molecule has 5 nitrogen and oxygen atoms in total. The number of piperidine rings is 1. The maximum absolute atomic E-state index is 11.7. The Hall–Kier alpha value is -2.30. The zero-order chi connectivity index (χ0) is 16.7. The molecule has 0 bridgehead atoms. The molecule has 2 atom stereocenters. The normalized spacial score (nSPS) is 21.7. The van der Waals surface area contributed by atoms with Crippen molar-refractivity contribution in [3.8, 4) is 0 Å². The Morgan fingerprint density at radius 2 is 2.12 bits per heavy atom. The van der Waals surface area contributed by atoms with Gasteiger partial charge in [-0.3, -0.25) is 0 Å². The lowest BCUT2D eigenvalue weighted by Crippen LogP contribution is -2.21. The van der Waals surface area contributed by atoms with Gasteiger partial charge in [-0.2, -0.15) is 0 Å². The first kappa shape index (κ1) is 15.2. The molecule has 0 N–H and O–H groups in total. The number of ether oxygens (including phenoxy) is 1. The summed E-state index contributed by atoms with van der Waals surface area (Å²) >= 11 is 0. The molecule has 1 aliphatic heterocycles. The fraction of sp³-hybridized carbons (Fsp3) is 0.474. The van der Waals surface area contributed by atoms with Gasteiger partial charge in [0.2, 0.25) is 0 Å². The van der Waals surface area contributed by atoms with Gasteiger partial charge in [0, 0.05) is 31.5 Å². The highest BCUT2D eigenvalue weighted by Crippen LogP contribution is 2.46. The van der Waals surface area contributed by atoms with Gasteiger partial charge in [0.25, 0.3) is 0 Å². The maximum Gasteiger partial charge on any atom is 0.358 e. The molecule has 1 aromatic carbocycles. The lowest BCUT2D eigenvalue weighted by molar-refractivity contribution is 0.0520. The van der Waals surface area contributed by atoms with Crippen LogP contribution in [0.2, 0.25) is 0 Å². The van der Waals surface area contributed by atoms with Crippen molar-refractivity contribution in [1.29, 1.82) is 0 Å². The second kappa shape index (κ2) is 5.96. The summed E-state index contributed by atoms with van der Waals surface area (Å²) in [4.78, 5) is 18.3. The van der Waals surface area contributed by atoms with Gasteiger partial charge in [-0.15, -0.1) is 0 Å². The molecule has 0 spiro atoms. The van der Waals surface area contributed by atoms with Gasteiger partial charge in [0.15, 0.2) is 5.69 Å². The van der Waals surface area contributed by atoms with Gasteiger partial charge in [0.1, 0.15) is 0 Å². The van der Waals surface area contributed by atoms with Gasteiger partial charge in [-0.1, -0.05) is 6.07 Å². The number of hydrogen-bond acceptors (Lipinski definition) is 4. The van der Waals surface area contributed by atoms with Crippen LogP contribution in [0.3, 0.4) is 0 Å². The summed E-state index contributed by atoms with van der Waals surface area (Å²) < 4.78 is 6.91. The number of nitrogens with zero attached hydrogens (tertiary/aromatic N) is 3. The van der Waals surface area contributed by atoms with Crippen LogP contribution >= 0.6 is 0 Å². The van der Waals surface area contributed by atoms with Gasteiger partial charge < -0.3 is 14.2 Å². The first-order valence-corrected chi connectivity index (χ1v) is 8.67. The zero-order valence-electron chi connectivity index (χ0n) is 14.2. The molecule has 1 aliphatic carbocycles. The predicted octanol–water partition coefficient (Wildman–Crippen LogP) is 2.87. The van der Waals surface area contributed by atoms with Gasteiger partial charge >= 0.3 is 5.97 Å². The van der Waals surface area contributed by atoms with Crippen molar-refractivity contribution >= 4 is 11.7 Å². The van der Waals surface area contributed by atoms with Crippen LogP contribution in [-0.2, 0) is 11.3 Å². The Morgan fingerprint density at radius 3 is 2.83 bits per heavy atom. The Morgan fingerprint density at radius 1 is 1.33 bits per heavy atom. The van der Waals surface area contributed by atoms with Crippen LogP contribution in [0, 0.1) is 18.8 Å². The average Bonchev–Trinajstić information content (AvgIpc) is 2.98. The van der Waals surface area contributed by atoms with E-state index in [-0.39, 0.29) is 5.97 Å². The fourth-order valence-electron chi connectivity index (χ4n) is 3.62. The van der Waals surface area contributed by atoms with E-state index in [4.69, 9.17) is 4.74 Å². The molecule has 2 fully saturated rings. The monoisotopic (exact) mass is 325 g/mol. The van der Waals surface area contributed by atoms with Gasteiger partial charge in [-0.25, -0.2) is 9.78 Å². The van der Waals surface area contributed by atoms with E-state index in [1.165, 1.54) is 36.3 Å². The number of aromatic nitrogens is 2. The molecule has 1 aromatic heterocycles. The number of fused-ring (bicyclic) bond motifs is 1. The van der Waals surface area contributed by atoms with Crippen molar-refractivity contribution in [2.75, 3.05) is 24.6 Å². The standard InChI is InChI=1S/C19H23N3O2/c1-3-24-19(23)18-11-21(12-20-18)8-14-4-5-17(6-13(14)2)22-9-15-7-16(15)10-22/h4-6,11-12,15-16H,3,7-10H2,1-2H3. The lowest BCUT2D eigenvalue weighted by atomic mass is 10.1. The van der Waals surface area contributed by atoms with E-state index >= 15 is 0 Å². The molecule has 0 amide bonds. The Bertz CT molecular complexity index is 758. The second-order valence-corrected chi connectivity index (χ2v) is 6.92. The van der Waals surface area contributed by atoms with Crippen molar-refractivity contribution in [2.24, 2.45) is 11.8 Å². The molecule has 2 aliphatic rings. The second-order valence-electron chi connectivity index (χ2n) is 6.92. The van der Waals surface area contributed by atoms with E-state index in [1.54, 1.807) is 19.4 Å². The molecule has 24 heavy (non-hydrogen) atoms. The summed E-state index contributed by atoms with van der Waals surface area (Å²) in [7, 11) is 0. The van der Waals surface area contributed by atoms with Crippen molar-refractivity contribution in [1.82, 2.24) is 9.55 Å². The van der Waals surface area contributed by atoms with E-state index in [9.17, 15) is 4.79 Å². The number of anilines is 1. The van der Waals surface area contributed by atoms with E-state index in [0.29, 0.717) is 18.8 Å². The molecule has 1 saturated carbocycles. The van der Waals surface area contributed by atoms with Crippen LogP contribution in [0.5, 0.6) is 0 Å². The molecule has 2 unspecified atom stereocenters. The summed E-state index contributed by atoms with van der Waals surface area (Å²) in [6.07, 6.45) is 4.87. The molecule has 1 saturated heterocycles. The van der Waals surface area contributed by atoms with E-state index in [1.807, 2.05) is 4.57 Å². The van der Waals surface area contributed by atoms with Crippen LogP contribution in [0.1, 0.15) is 35.0 Å². The van der Waals surface area contributed by atoms with Crippen LogP contribution in [0.4, 0.5) is 5.69 Å². The molecule has 126 valence electrons. The highest BCUT2D eigenvalue weighted by molar-refractivity contribution is 5.86. The van der Waals surface area contributed by atoms with E-state index < -0.39 is 0 Å². The molecule has 2 heterocycles. The highest BCUT2D eigenvalue weighted by atomic mass is 16.5. The van der Waals surface area contributed by atoms with E-state index in [2.05, 4.69) is 35.0 Å². The SMILES string of the molecule is CCOC(=O)c1cn(Cc2ccc(N3CC4CC4C3)cc2C)cn1. The molecule has 5 heteroatoms. The number of rotatable bonds is 5. The smallest absolute Gasteiger partial charge is 0.358 e. The largest absolute Gasteiger partial charge is 0.461 e. The molecule has 2 aromatic rings. The highest BCUT2D eigenvalue weighted by Gasteiger charge is 2.45. The summed E-state index contributed by atoms with van der Waals surface area (Å²) in [6.45, 7) is 7.46. The third kappa shape index (κ3) is 2.90. The van der Waals surface area contributed by atoms with Crippen molar-refractivity contribution in [3.63, 3.8) is 0 Å². The number of hydrogen-bond donors (Lipinski definition) is 0. The van der Waals surface area contributed by atoms with Crippen LogP contribution in [0.25, 0.3) is 0 Å². The Balaban J connectivity index is 1.45. The van der Waals surface area contributed by atoms with Crippen molar-refractivity contribution < 1.29 is 9.53 Å². The Labute approximate surface area is 142 Å². The number of esters is 1.